The Hall–Kier alpha value is -1.56. The van der Waals surface area contributed by atoms with Gasteiger partial charge in [-0.25, -0.2) is 0 Å². The van der Waals surface area contributed by atoms with Gasteiger partial charge in [0.05, 0.1) is 6.61 Å². The summed E-state index contributed by atoms with van der Waals surface area (Å²) < 4.78 is 37.2. The van der Waals surface area contributed by atoms with Gasteiger partial charge in [0, 0.05) is 12.1 Å². The molecule has 0 radical (unpaired) electrons. The average Bonchev–Trinajstić information content (AvgIpc) is 2.30. The van der Waals surface area contributed by atoms with E-state index in [9.17, 15) is 18.0 Å². The van der Waals surface area contributed by atoms with E-state index in [1.807, 2.05) is 0 Å². The zero-order valence-electron chi connectivity index (χ0n) is 10.8. The van der Waals surface area contributed by atoms with Gasteiger partial charge in [0.25, 0.3) is 5.91 Å². The van der Waals surface area contributed by atoms with Crippen LogP contribution < -0.4 is 0 Å². The van der Waals surface area contributed by atoms with Crippen LogP contribution in [0, 0.1) is 13.8 Å². The van der Waals surface area contributed by atoms with E-state index in [4.69, 9.17) is 5.11 Å². The minimum atomic E-state index is -4.48. The van der Waals surface area contributed by atoms with Crippen molar-refractivity contribution in [1.29, 1.82) is 0 Å². The van der Waals surface area contributed by atoms with Crippen molar-refractivity contribution in [2.45, 2.75) is 20.0 Å². The highest BCUT2D eigenvalue weighted by Crippen LogP contribution is 2.20. The fourth-order valence-corrected chi connectivity index (χ4v) is 1.74. The van der Waals surface area contributed by atoms with Crippen LogP contribution in [-0.2, 0) is 0 Å². The van der Waals surface area contributed by atoms with Gasteiger partial charge < -0.3 is 10.0 Å². The molecule has 6 heteroatoms. The van der Waals surface area contributed by atoms with Crippen molar-refractivity contribution >= 4 is 5.91 Å². The van der Waals surface area contributed by atoms with Crippen molar-refractivity contribution in [3.05, 3.63) is 34.9 Å². The smallest absolute Gasteiger partial charge is 0.395 e. The highest BCUT2D eigenvalue weighted by atomic mass is 19.4. The Bertz CT molecular complexity index is 458. The molecule has 0 fully saturated rings. The Labute approximate surface area is 109 Å². The van der Waals surface area contributed by atoms with Gasteiger partial charge >= 0.3 is 6.18 Å². The molecule has 1 N–H and O–H groups in total. The summed E-state index contributed by atoms with van der Waals surface area (Å²) in [4.78, 5) is 12.7. The first-order valence-corrected chi connectivity index (χ1v) is 5.79. The second-order valence-corrected chi connectivity index (χ2v) is 4.31. The van der Waals surface area contributed by atoms with Crippen molar-refractivity contribution in [1.82, 2.24) is 4.90 Å². The van der Waals surface area contributed by atoms with Crippen LogP contribution in [0.25, 0.3) is 0 Å². The first kappa shape index (κ1) is 15.5. The van der Waals surface area contributed by atoms with Gasteiger partial charge in [0.15, 0.2) is 0 Å². The quantitative estimate of drug-likeness (QED) is 0.916. The number of aliphatic hydroxyl groups excluding tert-OH is 1. The molecule has 0 aliphatic heterocycles. The topological polar surface area (TPSA) is 40.5 Å². The molecule has 3 nitrogen and oxygen atoms in total. The van der Waals surface area contributed by atoms with Gasteiger partial charge in [-0.1, -0.05) is 12.1 Å². The summed E-state index contributed by atoms with van der Waals surface area (Å²) in [7, 11) is 0. The number of carbonyl (C=O) groups is 1. The van der Waals surface area contributed by atoms with Crippen LogP contribution in [0.15, 0.2) is 18.2 Å². The van der Waals surface area contributed by atoms with Gasteiger partial charge in [0.1, 0.15) is 6.54 Å². The molecule has 19 heavy (non-hydrogen) atoms. The van der Waals surface area contributed by atoms with Crippen LogP contribution in [0.2, 0.25) is 0 Å². The number of nitrogens with zero attached hydrogens (tertiary/aromatic N) is 1. The molecule has 0 heterocycles. The number of alkyl halides is 3. The van der Waals surface area contributed by atoms with E-state index in [1.165, 1.54) is 6.07 Å². The summed E-state index contributed by atoms with van der Waals surface area (Å²) >= 11 is 0. The summed E-state index contributed by atoms with van der Waals surface area (Å²) in [6.45, 7) is 1.26. The maximum absolute atomic E-state index is 12.4. The predicted molar refractivity (Wildman–Crippen MR) is 65.0 cm³/mol. The zero-order chi connectivity index (χ0) is 14.6. The minimum absolute atomic E-state index is 0.234. The van der Waals surface area contributed by atoms with Crippen molar-refractivity contribution in [3.63, 3.8) is 0 Å². The van der Waals surface area contributed by atoms with E-state index in [0.717, 1.165) is 5.56 Å². The maximum atomic E-state index is 12.4. The molecule has 0 atom stereocenters. The number of hydrogen-bond donors (Lipinski definition) is 1. The fourth-order valence-electron chi connectivity index (χ4n) is 1.74. The third-order valence-corrected chi connectivity index (χ3v) is 2.86. The maximum Gasteiger partial charge on any atom is 0.406 e. The summed E-state index contributed by atoms with van der Waals surface area (Å²) in [6, 6.07) is 4.90. The molecule has 106 valence electrons. The molecule has 1 amide bonds. The number of benzene rings is 1. The summed E-state index contributed by atoms with van der Waals surface area (Å²) in [5.41, 5.74) is 1.72. The van der Waals surface area contributed by atoms with E-state index < -0.39 is 25.2 Å². The normalized spacial score (nSPS) is 11.5. The first-order valence-electron chi connectivity index (χ1n) is 5.79. The van der Waals surface area contributed by atoms with Crippen LogP contribution in [-0.4, -0.2) is 41.8 Å². The predicted octanol–water partition coefficient (Wildman–Crippen LogP) is 2.30. The Morgan fingerprint density at radius 2 is 1.95 bits per heavy atom. The van der Waals surface area contributed by atoms with E-state index in [-0.39, 0.29) is 12.1 Å². The van der Waals surface area contributed by atoms with E-state index >= 15 is 0 Å². The van der Waals surface area contributed by atoms with Crippen LogP contribution in [0.4, 0.5) is 13.2 Å². The summed E-state index contributed by atoms with van der Waals surface area (Å²) in [6.07, 6.45) is -4.48. The van der Waals surface area contributed by atoms with Gasteiger partial charge in [-0.15, -0.1) is 0 Å². The van der Waals surface area contributed by atoms with Gasteiger partial charge in [-0.05, 0) is 31.0 Å². The Balaban J connectivity index is 3.02. The number of halogens is 3. The van der Waals surface area contributed by atoms with Crippen LogP contribution in [0.5, 0.6) is 0 Å². The largest absolute Gasteiger partial charge is 0.406 e. The SMILES string of the molecule is Cc1cccc(C(=O)N(CCO)CC(F)(F)F)c1C. The molecule has 1 rings (SSSR count). The molecule has 0 aliphatic rings. The molecule has 0 spiro atoms. The number of aryl methyl sites for hydroxylation is 1. The van der Waals surface area contributed by atoms with Crippen molar-refractivity contribution in [2.75, 3.05) is 19.7 Å². The Kier molecular flexibility index (Phi) is 4.94. The molecular formula is C13H16F3NO2. The van der Waals surface area contributed by atoms with E-state index in [1.54, 1.807) is 26.0 Å². The third-order valence-electron chi connectivity index (χ3n) is 2.86. The molecule has 0 aromatic heterocycles. The molecule has 0 aliphatic carbocycles. The van der Waals surface area contributed by atoms with Gasteiger partial charge in [0.2, 0.25) is 0 Å². The second-order valence-electron chi connectivity index (χ2n) is 4.31. The molecular weight excluding hydrogens is 259 g/mol. The fraction of sp³-hybridized carbons (Fsp3) is 0.462. The highest BCUT2D eigenvalue weighted by Gasteiger charge is 2.33. The van der Waals surface area contributed by atoms with Crippen LogP contribution >= 0.6 is 0 Å². The van der Waals surface area contributed by atoms with Gasteiger partial charge in [-0.3, -0.25) is 4.79 Å². The van der Waals surface area contributed by atoms with E-state index in [2.05, 4.69) is 0 Å². The lowest BCUT2D eigenvalue weighted by Gasteiger charge is -2.24. The van der Waals surface area contributed by atoms with Crippen molar-refractivity contribution in [3.8, 4) is 0 Å². The number of hydrogen-bond acceptors (Lipinski definition) is 2. The molecule has 0 unspecified atom stereocenters. The van der Waals surface area contributed by atoms with E-state index in [0.29, 0.717) is 10.5 Å². The summed E-state index contributed by atoms with van der Waals surface area (Å²) in [5.74, 6) is -0.715. The lowest BCUT2D eigenvalue weighted by atomic mass is 10.0. The monoisotopic (exact) mass is 275 g/mol. The average molecular weight is 275 g/mol. The van der Waals surface area contributed by atoms with Crippen molar-refractivity contribution in [2.24, 2.45) is 0 Å². The molecule has 0 bridgehead atoms. The number of aliphatic hydroxyl groups is 1. The number of rotatable bonds is 4. The Morgan fingerprint density at radius 1 is 1.32 bits per heavy atom. The first-order chi connectivity index (χ1) is 8.76. The lowest BCUT2D eigenvalue weighted by molar-refractivity contribution is -0.141. The molecule has 1 aromatic carbocycles. The van der Waals surface area contributed by atoms with Crippen molar-refractivity contribution < 1.29 is 23.1 Å². The van der Waals surface area contributed by atoms with Gasteiger partial charge in [-0.2, -0.15) is 13.2 Å². The standard InChI is InChI=1S/C13H16F3NO2/c1-9-4-3-5-11(10(9)2)12(19)17(6-7-18)8-13(14,15)16/h3-5,18H,6-8H2,1-2H3. The molecule has 0 saturated carbocycles. The number of amides is 1. The zero-order valence-corrected chi connectivity index (χ0v) is 10.8. The second kappa shape index (κ2) is 6.06. The number of carbonyl (C=O) groups excluding carboxylic acids is 1. The minimum Gasteiger partial charge on any atom is -0.395 e. The Morgan fingerprint density at radius 3 is 2.47 bits per heavy atom. The molecule has 0 saturated heterocycles. The summed E-state index contributed by atoms with van der Waals surface area (Å²) in [5, 5.41) is 8.79. The molecule has 1 aromatic rings. The lowest BCUT2D eigenvalue weighted by Crippen LogP contribution is -2.41. The highest BCUT2D eigenvalue weighted by molar-refractivity contribution is 5.96. The van der Waals surface area contributed by atoms with Crippen LogP contribution in [0.3, 0.4) is 0 Å². The third kappa shape index (κ3) is 4.24. The van der Waals surface area contributed by atoms with Crippen LogP contribution in [0.1, 0.15) is 21.5 Å².